The number of allylic oxidation sites excluding steroid dienone is 4. The van der Waals surface area contributed by atoms with Gasteiger partial charge in [0.2, 0.25) is 0 Å². The van der Waals surface area contributed by atoms with Crippen LogP contribution in [-0.2, 0) is 0 Å². The van der Waals surface area contributed by atoms with Gasteiger partial charge in [0.15, 0.2) is 0 Å². The van der Waals surface area contributed by atoms with Gasteiger partial charge in [-0.25, -0.2) is 0 Å². The van der Waals surface area contributed by atoms with Gasteiger partial charge in [0.25, 0.3) is 0 Å². The highest BCUT2D eigenvalue weighted by Gasteiger charge is 1.84. The van der Waals surface area contributed by atoms with Gasteiger partial charge < -0.3 is 0 Å². The maximum atomic E-state index is 3.26. The average Bonchev–Trinajstić information content (AvgIpc) is 2.00. The third kappa shape index (κ3) is 3.12. The molecule has 0 unspecified atom stereocenters. The van der Waals surface area contributed by atoms with Crippen LogP contribution in [0.5, 0.6) is 0 Å². The second-order valence-electron chi connectivity index (χ2n) is 2.35. The number of hydrogen-bond acceptors (Lipinski definition) is 0. The molecule has 9 heavy (non-hydrogen) atoms. The fourth-order valence-electron chi connectivity index (χ4n) is 0.941. The van der Waals surface area contributed by atoms with Crippen LogP contribution in [0.25, 0.3) is 0 Å². The van der Waals surface area contributed by atoms with Crippen molar-refractivity contribution in [2.45, 2.75) is 32.1 Å². The minimum atomic E-state index is 1.14. The van der Waals surface area contributed by atoms with Crippen LogP contribution in [0.15, 0.2) is 18.2 Å². The predicted octanol–water partition coefficient (Wildman–Crippen LogP) is 2.87. The Morgan fingerprint density at radius 3 is 2.89 bits per heavy atom. The van der Waals surface area contributed by atoms with Crippen LogP contribution in [-0.4, -0.2) is 0 Å². The van der Waals surface area contributed by atoms with Crippen LogP contribution in [0.4, 0.5) is 0 Å². The Kier molecular flexibility index (Phi) is 3.20. The Morgan fingerprint density at radius 2 is 1.89 bits per heavy atom. The van der Waals surface area contributed by atoms with Crippen molar-refractivity contribution in [1.82, 2.24) is 0 Å². The largest absolute Gasteiger partial charge is 0.0885 e. The van der Waals surface area contributed by atoms with E-state index in [2.05, 4.69) is 24.3 Å². The Bertz CT molecular complexity index is 95.2. The molecule has 1 aliphatic rings. The summed E-state index contributed by atoms with van der Waals surface area (Å²) in [6.45, 7) is 0. The standard InChI is InChI=1S/C9H13/c1-2-4-6-8-9-7-5-3-1/h1-2,7H,3-6,8H2/b2-1-,9-7?. The topological polar surface area (TPSA) is 0 Å². The zero-order valence-corrected chi connectivity index (χ0v) is 5.77. The van der Waals surface area contributed by atoms with E-state index < -0.39 is 0 Å². The first kappa shape index (κ1) is 6.60. The molecule has 0 amide bonds. The Morgan fingerprint density at radius 1 is 1.00 bits per heavy atom. The van der Waals surface area contributed by atoms with Crippen LogP contribution in [0.3, 0.4) is 0 Å². The van der Waals surface area contributed by atoms with Gasteiger partial charge in [0.05, 0.1) is 0 Å². The second-order valence-corrected chi connectivity index (χ2v) is 2.35. The molecular weight excluding hydrogens is 108 g/mol. The predicted molar refractivity (Wildman–Crippen MR) is 40.0 cm³/mol. The molecule has 1 aliphatic carbocycles. The van der Waals surface area contributed by atoms with Gasteiger partial charge in [0.1, 0.15) is 0 Å². The van der Waals surface area contributed by atoms with Gasteiger partial charge in [-0.3, -0.25) is 0 Å². The second kappa shape index (κ2) is 4.37. The minimum absolute atomic E-state index is 1.14. The highest BCUT2D eigenvalue weighted by Crippen LogP contribution is 2.03. The lowest BCUT2D eigenvalue weighted by Crippen LogP contribution is -1.66. The fraction of sp³-hybridized carbons (Fsp3) is 0.556. The van der Waals surface area contributed by atoms with E-state index in [4.69, 9.17) is 0 Å². The lowest BCUT2D eigenvalue weighted by molar-refractivity contribution is 0.855. The molecule has 49 valence electrons. The summed E-state index contributed by atoms with van der Waals surface area (Å²) in [5.41, 5.74) is 0. The summed E-state index contributed by atoms with van der Waals surface area (Å²) in [5, 5.41) is 0. The van der Waals surface area contributed by atoms with Gasteiger partial charge in [-0.05, 0) is 38.2 Å². The van der Waals surface area contributed by atoms with Crippen LogP contribution in [0, 0.1) is 6.08 Å². The van der Waals surface area contributed by atoms with E-state index in [1.165, 1.54) is 25.7 Å². The van der Waals surface area contributed by atoms with E-state index in [1.807, 2.05) is 0 Å². The monoisotopic (exact) mass is 121 g/mol. The van der Waals surface area contributed by atoms with Crippen molar-refractivity contribution in [2.75, 3.05) is 0 Å². The van der Waals surface area contributed by atoms with Gasteiger partial charge in [-0.1, -0.05) is 18.2 Å². The summed E-state index contributed by atoms with van der Waals surface area (Å²) < 4.78 is 0. The molecule has 0 atom stereocenters. The molecule has 0 spiro atoms. The van der Waals surface area contributed by atoms with Crippen molar-refractivity contribution in [3.05, 3.63) is 24.3 Å². The Labute approximate surface area is 57.3 Å². The number of hydrogen-bond donors (Lipinski definition) is 0. The third-order valence-corrected chi connectivity index (χ3v) is 1.48. The average molecular weight is 121 g/mol. The van der Waals surface area contributed by atoms with E-state index in [0.29, 0.717) is 0 Å². The maximum Gasteiger partial charge on any atom is -0.0276 e. The maximum absolute atomic E-state index is 3.26. The van der Waals surface area contributed by atoms with Gasteiger partial charge >= 0.3 is 0 Å². The lowest BCUT2D eigenvalue weighted by Gasteiger charge is -1.85. The molecule has 0 bridgehead atoms. The first-order valence-corrected chi connectivity index (χ1v) is 3.70. The van der Waals surface area contributed by atoms with Crippen LogP contribution < -0.4 is 0 Å². The zero-order chi connectivity index (χ0) is 6.36. The summed E-state index contributed by atoms with van der Waals surface area (Å²) >= 11 is 0. The molecule has 1 rings (SSSR count). The van der Waals surface area contributed by atoms with Crippen molar-refractivity contribution in [2.24, 2.45) is 0 Å². The van der Waals surface area contributed by atoms with Gasteiger partial charge in [-0.15, -0.1) is 0 Å². The molecular formula is C9H13. The van der Waals surface area contributed by atoms with Crippen molar-refractivity contribution < 1.29 is 0 Å². The molecule has 0 heteroatoms. The molecule has 1 radical (unpaired) electrons. The molecule has 0 aromatic heterocycles. The first-order chi connectivity index (χ1) is 4.50. The zero-order valence-electron chi connectivity index (χ0n) is 5.77. The third-order valence-electron chi connectivity index (χ3n) is 1.48. The molecule has 0 heterocycles. The molecule has 0 aromatic rings. The van der Waals surface area contributed by atoms with Crippen molar-refractivity contribution in [3.8, 4) is 0 Å². The van der Waals surface area contributed by atoms with E-state index in [0.717, 1.165) is 6.42 Å². The molecule has 0 saturated heterocycles. The molecule has 0 N–H and O–H groups in total. The van der Waals surface area contributed by atoms with Gasteiger partial charge in [0, 0.05) is 0 Å². The molecule has 0 fully saturated rings. The van der Waals surface area contributed by atoms with Crippen LogP contribution in [0.2, 0.25) is 0 Å². The molecule has 0 nitrogen and oxygen atoms in total. The highest BCUT2D eigenvalue weighted by atomic mass is 13.9. The molecule has 0 aliphatic heterocycles. The molecule has 0 aromatic carbocycles. The van der Waals surface area contributed by atoms with E-state index in [9.17, 15) is 0 Å². The van der Waals surface area contributed by atoms with Crippen molar-refractivity contribution in [1.29, 1.82) is 0 Å². The normalized spacial score (nSPS) is 27.6. The Balaban J connectivity index is 2.28. The minimum Gasteiger partial charge on any atom is -0.0885 e. The van der Waals surface area contributed by atoms with E-state index in [-0.39, 0.29) is 0 Å². The number of rotatable bonds is 0. The summed E-state index contributed by atoms with van der Waals surface area (Å²) in [5.74, 6) is 0. The SMILES string of the molecule is [C]1=C/CC/C=C\CCC/1. The summed E-state index contributed by atoms with van der Waals surface area (Å²) in [7, 11) is 0. The summed E-state index contributed by atoms with van der Waals surface area (Å²) in [4.78, 5) is 0. The smallest absolute Gasteiger partial charge is 0.0276 e. The Hall–Kier alpha value is -0.520. The van der Waals surface area contributed by atoms with E-state index >= 15 is 0 Å². The quantitative estimate of drug-likeness (QED) is 0.432. The first-order valence-electron chi connectivity index (χ1n) is 3.70. The lowest BCUT2D eigenvalue weighted by atomic mass is 10.2. The summed E-state index contributed by atoms with van der Waals surface area (Å²) in [6, 6.07) is 0. The van der Waals surface area contributed by atoms with Crippen molar-refractivity contribution >= 4 is 0 Å². The van der Waals surface area contributed by atoms with Crippen molar-refractivity contribution in [3.63, 3.8) is 0 Å². The molecule has 0 saturated carbocycles. The van der Waals surface area contributed by atoms with Crippen LogP contribution >= 0.6 is 0 Å². The fourth-order valence-corrected chi connectivity index (χ4v) is 0.941. The summed E-state index contributed by atoms with van der Waals surface area (Å²) in [6.07, 6.45) is 16.0. The van der Waals surface area contributed by atoms with Crippen LogP contribution in [0.1, 0.15) is 32.1 Å². The van der Waals surface area contributed by atoms with E-state index in [1.54, 1.807) is 0 Å². The van der Waals surface area contributed by atoms with Gasteiger partial charge in [-0.2, -0.15) is 0 Å². The highest BCUT2D eigenvalue weighted by molar-refractivity contribution is 4.87.